The second-order valence-corrected chi connectivity index (χ2v) is 4.06. The summed E-state index contributed by atoms with van der Waals surface area (Å²) in [5.41, 5.74) is 2.99. The summed E-state index contributed by atoms with van der Waals surface area (Å²) in [6.45, 7) is 4.29. The first kappa shape index (κ1) is 11.3. The van der Waals surface area contributed by atoms with Crippen molar-refractivity contribution in [3.05, 3.63) is 52.2 Å². The highest BCUT2D eigenvalue weighted by Gasteiger charge is 2.20. The topological polar surface area (TPSA) is 58.1 Å². The summed E-state index contributed by atoms with van der Waals surface area (Å²) in [5.74, 6) is 0. The predicted molar refractivity (Wildman–Crippen MR) is 62.3 cm³/mol. The van der Waals surface area contributed by atoms with Gasteiger partial charge in [-0.05, 0) is 19.4 Å². The fourth-order valence-electron chi connectivity index (χ4n) is 1.66. The minimum atomic E-state index is -0.159. The van der Waals surface area contributed by atoms with Crippen molar-refractivity contribution in [1.29, 1.82) is 0 Å². The Bertz CT molecular complexity index is 543. The molecule has 0 aliphatic rings. The van der Waals surface area contributed by atoms with Crippen LogP contribution in [-0.4, -0.2) is 19.9 Å². The van der Waals surface area contributed by atoms with Crippen LogP contribution in [0.2, 0.25) is 0 Å². The molecule has 0 spiro atoms. The van der Waals surface area contributed by atoms with Crippen LogP contribution >= 0.6 is 0 Å². The Morgan fingerprint density at radius 2 is 1.94 bits per heavy atom. The number of rotatable bonds is 3. The van der Waals surface area contributed by atoms with Gasteiger partial charge in [0.15, 0.2) is 0 Å². The molecular formula is C12H14N3O2+. The average molecular weight is 232 g/mol. The summed E-state index contributed by atoms with van der Waals surface area (Å²) < 4.78 is 1.64. The van der Waals surface area contributed by atoms with Crippen LogP contribution in [0.25, 0.3) is 0 Å². The molecule has 0 aliphatic heterocycles. The molecule has 5 nitrogen and oxygen atoms in total. The maximum absolute atomic E-state index is 10.8. The number of nitrogens with zero attached hydrogens (tertiary/aromatic N) is 3. The first-order valence-corrected chi connectivity index (χ1v) is 5.32. The van der Waals surface area contributed by atoms with Crippen molar-refractivity contribution in [2.45, 2.75) is 20.4 Å². The molecule has 0 atom stereocenters. The molecule has 0 fully saturated rings. The lowest BCUT2D eigenvalue weighted by Crippen LogP contribution is -2.00. The van der Waals surface area contributed by atoms with Crippen molar-refractivity contribution in [2.75, 3.05) is 0 Å². The molecule has 0 aliphatic carbocycles. The van der Waals surface area contributed by atoms with Gasteiger partial charge in [-0.3, -0.25) is 4.68 Å². The highest BCUT2D eigenvalue weighted by molar-refractivity contribution is 5.31. The van der Waals surface area contributed by atoms with Gasteiger partial charge in [-0.25, -0.2) is 5.21 Å². The molecular weight excluding hydrogens is 218 g/mol. The molecule has 5 heteroatoms. The average Bonchev–Trinajstić information content (AvgIpc) is 2.63. The van der Waals surface area contributed by atoms with Gasteiger partial charge < -0.3 is 0 Å². The number of aromatic nitrogens is 2. The SMILES string of the molecule is Cc1ccc(Cn2cc([N+](=O)O)c(C)n2)cc1. The Hall–Kier alpha value is -2.17. The largest absolute Gasteiger partial charge is 0.356 e. The van der Waals surface area contributed by atoms with Gasteiger partial charge in [0, 0.05) is 0 Å². The summed E-state index contributed by atoms with van der Waals surface area (Å²) in [7, 11) is 0. The van der Waals surface area contributed by atoms with E-state index in [2.05, 4.69) is 5.10 Å². The zero-order valence-corrected chi connectivity index (χ0v) is 9.79. The lowest BCUT2D eigenvalue weighted by Gasteiger charge is -2.01. The number of hydrogen-bond donors (Lipinski definition) is 1. The lowest BCUT2D eigenvalue weighted by molar-refractivity contribution is -0.730. The molecule has 1 N–H and O–H groups in total. The fraction of sp³-hybridized carbons (Fsp3) is 0.250. The van der Waals surface area contributed by atoms with Crippen LogP contribution < -0.4 is 0 Å². The summed E-state index contributed by atoms with van der Waals surface area (Å²) >= 11 is 0. The molecule has 1 aromatic carbocycles. The molecule has 2 aromatic rings. The van der Waals surface area contributed by atoms with Gasteiger partial charge in [-0.2, -0.15) is 5.10 Å². The van der Waals surface area contributed by atoms with Crippen LogP contribution in [0.15, 0.2) is 30.5 Å². The smallest absolute Gasteiger partial charge is 0.261 e. The van der Waals surface area contributed by atoms with Crippen LogP contribution in [-0.2, 0) is 6.54 Å². The van der Waals surface area contributed by atoms with Crippen molar-refractivity contribution >= 4 is 5.69 Å². The minimum absolute atomic E-state index is 0.159. The normalized spacial score (nSPS) is 10.5. The van der Waals surface area contributed by atoms with Gasteiger partial charge in [-0.15, -0.1) is 0 Å². The second-order valence-electron chi connectivity index (χ2n) is 4.06. The monoisotopic (exact) mass is 232 g/mol. The van der Waals surface area contributed by atoms with Crippen LogP contribution in [0.3, 0.4) is 0 Å². The van der Waals surface area contributed by atoms with E-state index in [1.807, 2.05) is 31.2 Å². The van der Waals surface area contributed by atoms with Crippen LogP contribution in [0, 0.1) is 18.8 Å². The van der Waals surface area contributed by atoms with Gasteiger partial charge in [0.05, 0.1) is 11.5 Å². The molecule has 0 saturated carbocycles. The summed E-state index contributed by atoms with van der Waals surface area (Å²) in [6.07, 6.45) is 1.53. The predicted octanol–water partition coefficient (Wildman–Crippen LogP) is 2.35. The van der Waals surface area contributed by atoms with Crippen molar-refractivity contribution in [1.82, 2.24) is 9.78 Å². The Balaban J connectivity index is 2.22. The van der Waals surface area contributed by atoms with E-state index in [1.54, 1.807) is 11.6 Å². The Morgan fingerprint density at radius 1 is 1.29 bits per heavy atom. The third-order valence-electron chi connectivity index (χ3n) is 2.59. The molecule has 88 valence electrons. The van der Waals surface area contributed by atoms with Crippen molar-refractivity contribution < 1.29 is 10.1 Å². The summed E-state index contributed by atoms with van der Waals surface area (Å²) in [4.78, 5) is 10.6. The molecule has 0 saturated heterocycles. The number of aryl methyl sites for hydroxylation is 2. The highest BCUT2D eigenvalue weighted by Crippen LogP contribution is 2.15. The van der Waals surface area contributed by atoms with E-state index in [0.717, 1.165) is 5.56 Å². The van der Waals surface area contributed by atoms with E-state index >= 15 is 0 Å². The molecule has 0 radical (unpaired) electrons. The Kier molecular flexibility index (Phi) is 2.91. The molecule has 1 heterocycles. The first-order chi connectivity index (χ1) is 8.06. The van der Waals surface area contributed by atoms with Crippen molar-refractivity contribution in [3.63, 3.8) is 0 Å². The van der Waals surface area contributed by atoms with Gasteiger partial charge >= 0.3 is 5.69 Å². The maximum atomic E-state index is 10.8. The molecule has 0 bridgehead atoms. The molecule has 17 heavy (non-hydrogen) atoms. The number of benzene rings is 1. The molecule has 0 unspecified atom stereocenters. The summed E-state index contributed by atoms with van der Waals surface area (Å²) in [5, 5.41) is 13.0. The van der Waals surface area contributed by atoms with Gasteiger partial charge in [0.1, 0.15) is 11.9 Å². The third-order valence-corrected chi connectivity index (χ3v) is 2.59. The molecule has 1 aromatic heterocycles. The number of hydrogen-bond acceptors (Lipinski definition) is 2. The first-order valence-electron chi connectivity index (χ1n) is 5.32. The maximum Gasteiger partial charge on any atom is 0.356 e. The standard InChI is InChI=1S/C12H14N3O2/c1-9-3-5-11(6-4-9)7-14-8-12(15(16)17)10(2)13-14/h3-6,8H,7H2,1-2H3,(H,16,17)/q+1. The fourth-order valence-corrected chi connectivity index (χ4v) is 1.66. The van der Waals surface area contributed by atoms with Gasteiger partial charge in [0.25, 0.3) is 4.92 Å². The second kappa shape index (κ2) is 4.37. The zero-order chi connectivity index (χ0) is 12.4. The van der Waals surface area contributed by atoms with Gasteiger partial charge in [-0.1, -0.05) is 29.8 Å². The van der Waals surface area contributed by atoms with E-state index in [9.17, 15) is 4.91 Å². The Morgan fingerprint density at radius 3 is 2.47 bits per heavy atom. The third kappa shape index (κ3) is 2.50. The quantitative estimate of drug-likeness (QED) is 0.826. The highest BCUT2D eigenvalue weighted by atomic mass is 16.6. The van der Waals surface area contributed by atoms with E-state index in [-0.39, 0.29) is 10.6 Å². The zero-order valence-electron chi connectivity index (χ0n) is 9.79. The van der Waals surface area contributed by atoms with Crippen LogP contribution in [0.5, 0.6) is 0 Å². The Labute approximate surface area is 98.8 Å². The van der Waals surface area contributed by atoms with Gasteiger partial charge in [0.2, 0.25) is 0 Å². The minimum Gasteiger partial charge on any atom is -0.261 e. The van der Waals surface area contributed by atoms with E-state index in [4.69, 9.17) is 5.21 Å². The summed E-state index contributed by atoms with van der Waals surface area (Å²) in [6, 6.07) is 8.08. The van der Waals surface area contributed by atoms with E-state index in [0.29, 0.717) is 12.2 Å². The van der Waals surface area contributed by atoms with E-state index < -0.39 is 0 Å². The molecule has 0 amide bonds. The molecule has 2 rings (SSSR count). The lowest BCUT2D eigenvalue weighted by atomic mass is 10.1. The van der Waals surface area contributed by atoms with Crippen LogP contribution in [0.4, 0.5) is 5.69 Å². The van der Waals surface area contributed by atoms with E-state index in [1.165, 1.54) is 11.8 Å². The van der Waals surface area contributed by atoms with Crippen molar-refractivity contribution in [2.24, 2.45) is 0 Å². The van der Waals surface area contributed by atoms with Crippen LogP contribution in [0.1, 0.15) is 16.8 Å². The van der Waals surface area contributed by atoms with Crippen molar-refractivity contribution in [3.8, 4) is 0 Å².